The lowest BCUT2D eigenvalue weighted by atomic mass is 10.0. The second-order valence-corrected chi connectivity index (χ2v) is 5.60. The lowest BCUT2D eigenvalue weighted by Crippen LogP contribution is -2.04. The fraction of sp³-hybridized carbons (Fsp3) is 0.100. The molecule has 0 aliphatic heterocycles. The Bertz CT molecular complexity index is 843. The minimum absolute atomic E-state index is 0.417. The normalized spacial score (nSPS) is 11.3. The van der Waals surface area contributed by atoms with E-state index in [1.54, 1.807) is 18.2 Å². The molecule has 0 aromatic heterocycles. The highest BCUT2D eigenvalue weighted by Gasteiger charge is 2.30. The summed E-state index contributed by atoms with van der Waals surface area (Å²) in [5.74, 6) is 0.608. The third-order valence-electron chi connectivity index (χ3n) is 3.79. The van der Waals surface area contributed by atoms with Crippen LogP contribution in [0.2, 0.25) is 0 Å². The van der Waals surface area contributed by atoms with Crippen molar-refractivity contribution in [3.05, 3.63) is 83.9 Å². The molecule has 25 heavy (non-hydrogen) atoms. The molecular weight excluding hydrogens is 327 g/mol. The van der Waals surface area contributed by atoms with Crippen molar-refractivity contribution in [3.8, 4) is 16.9 Å². The van der Waals surface area contributed by atoms with Crippen molar-refractivity contribution < 1.29 is 17.9 Å². The molecule has 0 bridgehead atoms. The molecular formula is C20H16F3NO. The SMILES string of the molecule is Nc1cc(OCc2ccccc2)ccc1-c1ccc(C(F)(F)F)cc1. The summed E-state index contributed by atoms with van der Waals surface area (Å²) in [6, 6.07) is 19.8. The number of halogens is 3. The molecule has 0 saturated heterocycles. The number of benzene rings is 3. The van der Waals surface area contributed by atoms with E-state index >= 15 is 0 Å². The van der Waals surface area contributed by atoms with E-state index in [-0.39, 0.29) is 0 Å². The molecule has 0 amide bonds. The van der Waals surface area contributed by atoms with Crippen molar-refractivity contribution in [3.63, 3.8) is 0 Å². The van der Waals surface area contributed by atoms with E-state index in [4.69, 9.17) is 10.5 Å². The molecule has 0 aliphatic rings. The molecule has 0 radical (unpaired) electrons. The molecule has 0 aliphatic carbocycles. The van der Waals surface area contributed by atoms with E-state index in [0.29, 0.717) is 29.2 Å². The Morgan fingerprint density at radius 1 is 0.840 bits per heavy atom. The summed E-state index contributed by atoms with van der Waals surface area (Å²) >= 11 is 0. The lowest BCUT2D eigenvalue weighted by molar-refractivity contribution is -0.137. The van der Waals surface area contributed by atoms with Gasteiger partial charge in [0.15, 0.2) is 0 Å². The second-order valence-electron chi connectivity index (χ2n) is 5.60. The van der Waals surface area contributed by atoms with Crippen LogP contribution in [0.4, 0.5) is 18.9 Å². The fourth-order valence-corrected chi connectivity index (χ4v) is 2.47. The Hall–Kier alpha value is -2.95. The largest absolute Gasteiger partial charge is 0.489 e. The van der Waals surface area contributed by atoms with Gasteiger partial charge in [0.25, 0.3) is 0 Å². The van der Waals surface area contributed by atoms with Gasteiger partial charge in [-0.25, -0.2) is 0 Å². The molecule has 2 nitrogen and oxygen atoms in total. The van der Waals surface area contributed by atoms with E-state index in [1.807, 2.05) is 30.3 Å². The minimum atomic E-state index is -4.35. The number of alkyl halides is 3. The van der Waals surface area contributed by atoms with Crippen LogP contribution in [-0.4, -0.2) is 0 Å². The summed E-state index contributed by atoms with van der Waals surface area (Å²) in [5.41, 5.74) is 8.14. The van der Waals surface area contributed by atoms with Crippen molar-refractivity contribution in [2.24, 2.45) is 0 Å². The molecule has 3 aromatic rings. The number of nitrogens with two attached hydrogens (primary N) is 1. The molecule has 3 rings (SSSR count). The summed E-state index contributed by atoms with van der Waals surface area (Å²) in [6.45, 7) is 0.417. The minimum Gasteiger partial charge on any atom is -0.489 e. The number of rotatable bonds is 4. The first-order chi connectivity index (χ1) is 11.9. The van der Waals surface area contributed by atoms with Gasteiger partial charge in [0, 0.05) is 17.3 Å². The van der Waals surface area contributed by atoms with Gasteiger partial charge in [-0.2, -0.15) is 13.2 Å². The number of ether oxygens (including phenoxy) is 1. The Kier molecular flexibility index (Phi) is 4.65. The van der Waals surface area contributed by atoms with Crippen molar-refractivity contribution in [2.75, 3.05) is 5.73 Å². The van der Waals surface area contributed by atoms with E-state index in [0.717, 1.165) is 17.7 Å². The third kappa shape index (κ3) is 4.12. The smallest absolute Gasteiger partial charge is 0.416 e. The van der Waals surface area contributed by atoms with Crippen LogP contribution in [0.5, 0.6) is 5.75 Å². The summed E-state index contributed by atoms with van der Waals surface area (Å²) in [5, 5.41) is 0. The molecule has 0 fully saturated rings. The van der Waals surface area contributed by atoms with Gasteiger partial charge in [0.1, 0.15) is 12.4 Å². The highest BCUT2D eigenvalue weighted by Crippen LogP contribution is 2.33. The molecule has 0 spiro atoms. The van der Waals surface area contributed by atoms with Crippen LogP contribution in [0.25, 0.3) is 11.1 Å². The van der Waals surface area contributed by atoms with Gasteiger partial charge in [-0.05, 0) is 35.4 Å². The molecule has 2 N–H and O–H groups in total. The van der Waals surface area contributed by atoms with Crippen molar-refractivity contribution >= 4 is 5.69 Å². The molecule has 0 unspecified atom stereocenters. The molecule has 128 valence electrons. The monoisotopic (exact) mass is 343 g/mol. The second kappa shape index (κ2) is 6.89. The predicted molar refractivity (Wildman–Crippen MR) is 92.1 cm³/mol. The molecule has 5 heteroatoms. The van der Waals surface area contributed by atoms with Gasteiger partial charge in [-0.15, -0.1) is 0 Å². The van der Waals surface area contributed by atoms with E-state index < -0.39 is 11.7 Å². The van der Waals surface area contributed by atoms with Gasteiger partial charge in [-0.3, -0.25) is 0 Å². The molecule has 0 saturated carbocycles. The Morgan fingerprint density at radius 3 is 2.12 bits per heavy atom. The zero-order valence-electron chi connectivity index (χ0n) is 13.3. The van der Waals surface area contributed by atoms with E-state index in [9.17, 15) is 13.2 Å². The van der Waals surface area contributed by atoms with Crippen LogP contribution in [0.1, 0.15) is 11.1 Å². The van der Waals surface area contributed by atoms with E-state index in [2.05, 4.69) is 0 Å². The number of hydrogen-bond acceptors (Lipinski definition) is 2. The van der Waals surface area contributed by atoms with Crippen LogP contribution in [0.3, 0.4) is 0 Å². The van der Waals surface area contributed by atoms with Crippen LogP contribution in [-0.2, 0) is 12.8 Å². The first kappa shape index (κ1) is 16.9. The Balaban J connectivity index is 1.75. The molecule has 3 aromatic carbocycles. The van der Waals surface area contributed by atoms with Crippen LogP contribution in [0, 0.1) is 0 Å². The average molecular weight is 343 g/mol. The summed E-state index contributed by atoms with van der Waals surface area (Å²) in [4.78, 5) is 0. The average Bonchev–Trinajstić information content (AvgIpc) is 2.60. The zero-order valence-corrected chi connectivity index (χ0v) is 13.3. The highest BCUT2D eigenvalue weighted by molar-refractivity contribution is 5.77. The van der Waals surface area contributed by atoms with Gasteiger partial charge >= 0.3 is 6.18 Å². The van der Waals surface area contributed by atoms with Gasteiger partial charge in [-0.1, -0.05) is 42.5 Å². The quantitative estimate of drug-likeness (QED) is 0.632. The van der Waals surface area contributed by atoms with Crippen molar-refractivity contribution in [1.82, 2.24) is 0 Å². The maximum atomic E-state index is 12.6. The van der Waals surface area contributed by atoms with Crippen LogP contribution >= 0.6 is 0 Å². The third-order valence-corrected chi connectivity index (χ3v) is 3.79. The zero-order chi connectivity index (χ0) is 17.9. The highest BCUT2D eigenvalue weighted by atomic mass is 19.4. The molecule has 0 atom stereocenters. The Labute approximate surface area is 143 Å². The number of anilines is 1. The van der Waals surface area contributed by atoms with E-state index in [1.165, 1.54) is 12.1 Å². The fourth-order valence-electron chi connectivity index (χ4n) is 2.47. The number of nitrogen functional groups attached to an aromatic ring is 1. The summed E-state index contributed by atoms with van der Waals surface area (Å²) in [6.07, 6.45) is -4.35. The van der Waals surface area contributed by atoms with Gasteiger partial charge in [0.2, 0.25) is 0 Å². The standard InChI is InChI=1S/C20H16F3NO/c21-20(22,23)16-8-6-15(7-9-16)18-11-10-17(12-19(18)24)25-13-14-4-2-1-3-5-14/h1-12H,13,24H2. The number of hydrogen-bond donors (Lipinski definition) is 1. The first-order valence-corrected chi connectivity index (χ1v) is 7.67. The Morgan fingerprint density at radius 2 is 1.52 bits per heavy atom. The molecule has 0 heterocycles. The van der Waals surface area contributed by atoms with Crippen molar-refractivity contribution in [2.45, 2.75) is 12.8 Å². The van der Waals surface area contributed by atoms with Crippen LogP contribution in [0.15, 0.2) is 72.8 Å². The topological polar surface area (TPSA) is 35.2 Å². The summed E-state index contributed by atoms with van der Waals surface area (Å²) in [7, 11) is 0. The lowest BCUT2D eigenvalue weighted by Gasteiger charge is -2.12. The first-order valence-electron chi connectivity index (χ1n) is 7.67. The summed E-state index contributed by atoms with van der Waals surface area (Å²) < 4.78 is 43.6. The maximum absolute atomic E-state index is 12.6. The van der Waals surface area contributed by atoms with Gasteiger partial charge in [0.05, 0.1) is 5.56 Å². The van der Waals surface area contributed by atoms with Crippen molar-refractivity contribution in [1.29, 1.82) is 0 Å². The van der Waals surface area contributed by atoms with Gasteiger partial charge < -0.3 is 10.5 Å². The predicted octanol–water partition coefficient (Wildman–Crippen LogP) is 5.53. The maximum Gasteiger partial charge on any atom is 0.416 e. The van der Waals surface area contributed by atoms with Crippen LogP contribution < -0.4 is 10.5 Å².